The van der Waals surface area contributed by atoms with Crippen LogP contribution in [0, 0.1) is 11.3 Å². The summed E-state index contributed by atoms with van der Waals surface area (Å²) in [5, 5.41) is 8.82. The van der Waals surface area contributed by atoms with Crippen LogP contribution in [-0.4, -0.2) is 21.0 Å². The fourth-order valence-electron chi connectivity index (χ4n) is 1.26. The quantitative estimate of drug-likeness (QED) is 0.861. The van der Waals surface area contributed by atoms with Crippen LogP contribution >= 0.6 is 24.0 Å². The number of benzene rings is 1. The molecule has 0 aliphatic carbocycles. The minimum atomic E-state index is -3.60. The summed E-state index contributed by atoms with van der Waals surface area (Å²) in [5.74, 6) is 0. The average molecular weight is 324 g/mol. The summed E-state index contributed by atoms with van der Waals surface area (Å²) >= 11 is 5.79. The van der Waals surface area contributed by atoms with E-state index >= 15 is 0 Å². The fraction of sp³-hybridized carbons (Fsp3) is 0.364. The summed E-state index contributed by atoms with van der Waals surface area (Å²) in [5.41, 5.74) is 5.77. The third-order valence-corrected chi connectivity index (χ3v) is 4.03. The third kappa shape index (κ3) is 5.35. The van der Waals surface area contributed by atoms with E-state index in [9.17, 15) is 8.42 Å². The zero-order valence-corrected chi connectivity index (χ0v) is 12.6. The number of hydrogen-bond acceptors (Lipinski definition) is 4. The van der Waals surface area contributed by atoms with Gasteiger partial charge in [0.2, 0.25) is 10.0 Å². The molecule has 1 aromatic carbocycles. The Morgan fingerprint density at radius 1 is 1.53 bits per heavy atom. The van der Waals surface area contributed by atoms with Gasteiger partial charge in [-0.05, 0) is 31.5 Å². The lowest BCUT2D eigenvalue weighted by Gasteiger charge is -2.08. The van der Waals surface area contributed by atoms with Gasteiger partial charge in [0.15, 0.2) is 0 Å². The van der Waals surface area contributed by atoms with Crippen LogP contribution in [0.15, 0.2) is 23.1 Å². The van der Waals surface area contributed by atoms with E-state index in [-0.39, 0.29) is 40.5 Å². The van der Waals surface area contributed by atoms with Crippen LogP contribution in [0.4, 0.5) is 0 Å². The molecule has 3 N–H and O–H groups in total. The van der Waals surface area contributed by atoms with Gasteiger partial charge in [-0.15, -0.1) is 12.4 Å². The average Bonchev–Trinajstić information content (AvgIpc) is 2.28. The summed E-state index contributed by atoms with van der Waals surface area (Å²) in [4.78, 5) is 0.0381. The van der Waals surface area contributed by atoms with Crippen molar-refractivity contribution >= 4 is 34.0 Å². The van der Waals surface area contributed by atoms with Gasteiger partial charge in [-0.3, -0.25) is 0 Å². The molecular weight excluding hydrogens is 309 g/mol. The molecule has 0 aliphatic heterocycles. The lowest BCUT2D eigenvalue weighted by Crippen LogP contribution is -2.29. The molecule has 1 rings (SSSR count). The summed E-state index contributed by atoms with van der Waals surface area (Å²) in [6, 6.07) is 5.78. The van der Waals surface area contributed by atoms with Crippen molar-refractivity contribution in [2.45, 2.75) is 24.3 Å². The second-order valence-corrected chi connectivity index (χ2v) is 6.09. The smallest absolute Gasteiger partial charge is 0.240 e. The molecule has 1 aromatic rings. The second kappa shape index (κ2) is 7.68. The van der Waals surface area contributed by atoms with Crippen molar-refractivity contribution in [1.29, 1.82) is 5.26 Å². The van der Waals surface area contributed by atoms with E-state index in [4.69, 9.17) is 22.6 Å². The maximum absolute atomic E-state index is 11.9. The highest BCUT2D eigenvalue weighted by atomic mass is 35.5. The molecule has 0 fully saturated rings. The van der Waals surface area contributed by atoms with Crippen LogP contribution in [0.3, 0.4) is 0 Å². The minimum Gasteiger partial charge on any atom is -0.328 e. The lowest BCUT2D eigenvalue weighted by atomic mass is 10.2. The van der Waals surface area contributed by atoms with Crippen LogP contribution in [0.1, 0.15) is 18.9 Å². The molecule has 0 heterocycles. The topological polar surface area (TPSA) is 96.0 Å². The van der Waals surface area contributed by atoms with Gasteiger partial charge in [0, 0.05) is 12.6 Å². The zero-order chi connectivity index (χ0) is 13.8. The van der Waals surface area contributed by atoms with E-state index < -0.39 is 10.0 Å². The molecule has 8 heteroatoms. The van der Waals surface area contributed by atoms with Gasteiger partial charge in [0.25, 0.3) is 0 Å². The SMILES string of the molecule is CC(N)CCNS(=O)(=O)c1ccc(C#N)c(Cl)c1.Cl. The molecule has 19 heavy (non-hydrogen) atoms. The largest absolute Gasteiger partial charge is 0.328 e. The molecule has 106 valence electrons. The van der Waals surface area contributed by atoms with Crippen LogP contribution in [0.5, 0.6) is 0 Å². The molecule has 0 saturated heterocycles. The third-order valence-electron chi connectivity index (χ3n) is 2.26. The summed E-state index contributed by atoms with van der Waals surface area (Å²) < 4.78 is 26.2. The van der Waals surface area contributed by atoms with Crippen LogP contribution in [-0.2, 0) is 10.0 Å². The van der Waals surface area contributed by atoms with Crippen LogP contribution in [0.2, 0.25) is 5.02 Å². The Labute approximate surface area is 124 Å². The van der Waals surface area contributed by atoms with Crippen molar-refractivity contribution in [3.05, 3.63) is 28.8 Å². The van der Waals surface area contributed by atoms with E-state index in [1.165, 1.54) is 18.2 Å². The van der Waals surface area contributed by atoms with Gasteiger partial charge >= 0.3 is 0 Å². The Bertz CT molecular complexity index is 568. The summed E-state index contributed by atoms with van der Waals surface area (Å²) in [6.07, 6.45) is 0.545. The van der Waals surface area contributed by atoms with Crippen molar-refractivity contribution in [3.8, 4) is 6.07 Å². The number of sulfonamides is 1. The summed E-state index contributed by atoms with van der Waals surface area (Å²) in [7, 11) is -3.60. The maximum atomic E-state index is 11.9. The Hall–Kier alpha value is -0.840. The number of hydrogen-bond donors (Lipinski definition) is 2. The van der Waals surface area contributed by atoms with Crippen LogP contribution in [0.25, 0.3) is 0 Å². The van der Waals surface area contributed by atoms with Crippen molar-refractivity contribution in [2.75, 3.05) is 6.54 Å². The molecule has 0 aliphatic rings. The number of nitriles is 1. The first kappa shape index (κ1) is 18.2. The predicted molar refractivity (Wildman–Crippen MR) is 76.9 cm³/mol. The van der Waals surface area contributed by atoms with Crippen molar-refractivity contribution in [1.82, 2.24) is 4.72 Å². The first-order chi connectivity index (χ1) is 8.36. The first-order valence-electron chi connectivity index (χ1n) is 5.31. The van der Waals surface area contributed by atoms with Gasteiger partial charge in [0.05, 0.1) is 15.5 Å². The number of nitrogens with one attached hydrogen (secondary N) is 1. The van der Waals surface area contributed by atoms with Gasteiger partial charge in [-0.1, -0.05) is 11.6 Å². The lowest BCUT2D eigenvalue weighted by molar-refractivity contribution is 0.572. The second-order valence-electron chi connectivity index (χ2n) is 3.92. The fourth-order valence-corrected chi connectivity index (χ4v) is 2.62. The van der Waals surface area contributed by atoms with E-state index in [0.717, 1.165) is 0 Å². The number of rotatable bonds is 5. The van der Waals surface area contributed by atoms with Gasteiger partial charge < -0.3 is 5.73 Å². The normalized spacial score (nSPS) is 12.3. The molecule has 0 saturated carbocycles. The molecule has 0 spiro atoms. The van der Waals surface area contributed by atoms with Crippen molar-refractivity contribution in [3.63, 3.8) is 0 Å². The van der Waals surface area contributed by atoms with Gasteiger partial charge in [0.1, 0.15) is 6.07 Å². The Morgan fingerprint density at radius 3 is 2.63 bits per heavy atom. The molecule has 1 atom stereocenters. The Kier molecular flexibility index (Phi) is 7.34. The van der Waals surface area contributed by atoms with E-state index in [2.05, 4.69) is 4.72 Å². The zero-order valence-electron chi connectivity index (χ0n) is 10.3. The van der Waals surface area contributed by atoms with E-state index in [0.29, 0.717) is 6.42 Å². The van der Waals surface area contributed by atoms with Crippen molar-refractivity contribution in [2.24, 2.45) is 5.73 Å². The monoisotopic (exact) mass is 323 g/mol. The Morgan fingerprint density at radius 2 is 2.16 bits per heavy atom. The number of nitrogens with two attached hydrogens (primary N) is 1. The predicted octanol–water partition coefficient (Wildman–Crippen LogP) is 1.65. The number of halogens is 2. The molecule has 5 nitrogen and oxygen atoms in total. The molecule has 0 amide bonds. The minimum absolute atomic E-state index is 0. The molecule has 0 aromatic heterocycles. The first-order valence-corrected chi connectivity index (χ1v) is 7.18. The standard InChI is InChI=1S/C11H14ClN3O2S.ClH/c1-8(14)4-5-15-18(16,17)10-3-2-9(7-13)11(12)6-10;/h2-3,6,8,15H,4-5,14H2,1H3;1H. The number of nitrogens with zero attached hydrogens (tertiary/aromatic N) is 1. The highest BCUT2D eigenvalue weighted by Crippen LogP contribution is 2.19. The van der Waals surface area contributed by atoms with Crippen molar-refractivity contribution < 1.29 is 8.42 Å². The highest BCUT2D eigenvalue weighted by molar-refractivity contribution is 7.89. The Balaban J connectivity index is 0.00000324. The molecule has 0 bridgehead atoms. The van der Waals surface area contributed by atoms with E-state index in [1.54, 1.807) is 6.92 Å². The van der Waals surface area contributed by atoms with Gasteiger partial charge in [-0.25, -0.2) is 13.1 Å². The maximum Gasteiger partial charge on any atom is 0.240 e. The van der Waals surface area contributed by atoms with Crippen LogP contribution < -0.4 is 10.5 Å². The molecule has 1 unspecified atom stereocenters. The summed E-state index contributed by atoms with van der Waals surface area (Å²) in [6.45, 7) is 2.06. The molecule has 0 radical (unpaired) electrons. The van der Waals surface area contributed by atoms with E-state index in [1.807, 2.05) is 6.07 Å². The highest BCUT2D eigenvalue weighted by Gasteiger charge is 2.15. The molecular formula is C11H15Cl2N3O2S. The van der Waals surface area contributed by atoms with Gasteiger partial charge in [-0.2, -0.15) is 5.26 Å².